The van der Waals surface area contributed by atoms with Crippen LogP contribution in [0.4, 0.5) is 11.4 Å². The summed E-state index contributed by atoms with van der Waals surface area (Å²) in [5.74, 6) is -0.519. The first-order valence-corrected chi connectivity index (χ1v) is 11.0. The maximum absolute atomic E-state index is 13.1. The summed E-state index contributed by atoms with van der Waals surface area (Å²) in [6, 6.07) is 9.85. The van der Waals surface area contributed by atoms with Crippen molar-refractivity contribution in [3.63, 3.8) is 0 Å². The first-order valence-electron chi connectivity index (χ1n) is 8.77. The number of sulfonamides is 1. The Bertz CT molecular complexity index is 1190. The van der Waals surface area contributed by atoms with E-state index in [1.165, 1.54) is 31.6 Å². The van der Waals surface area contributed by atoms with Crippen molar-refractivity contribution in [1.82, 2.24) is 9.97 Å². The summed E-state index contributed by atoms with van der Waals surface area (Å²) in [6.07, 6.45) is 2.81. The second-order valence-corrected chi connectivity index (χ2v) is 8.89. The Labute approximate surface area is 182 Å². The molecule has 2 aromatic heterocycles. The second kappa shape index (κ2) is 8.80. The van der Waals surface area contributed by atoms with E-state index in [2.05, 4.69) is 35.9 Å². The Morgan fingerprint density at radius 2 is 1.80 bits per heavy atom. The van der Waals surface area contributed by atoms with Crippen molar-refractivity contribution in [2.75, 3.05) is 17.1 Å². The maximum Gasteiger partial charge on any atom is 0.267 e. The third-order valence-corrected chi connectivity index (χ3v) is 6.04. The number of carbonyl (C=O) groups excluding carboxylic acids is 1. The van der Waals surface area contributed by atoms with E-state index in [4.69, 9.17) is 4.74 Å². The zero-order chi connectivity index (χ0) is 21.9. The molecule has 2 heterocycles. The number of ether oxygens (including phenoxy) is 1. The van der Waals surface area contributed by atoms with Crippen LogP contribution in [0.15, 0.2) is 58.3 Å². The number of rotatable bonds is 6. The van der Waals surface area contributed by atoms with Gasteiger partial charge in [-0.05, 0) is 59.1 Å². The van der Waals surface area contributed by atoms with E-state index >= 15 is 0 Å². The van der Waals surface area contributed by atoms with Crippen molar-refractivity contribution in [2.24, 2.45) is 0 Å². The van der Waals surface area contributed by atoms with Gasteiger partial charge in [0.1, 0.15) is 4.60 Å². The number of anilines is 2. The van der Waals surface area contributed by atoms with Gasteiger partial charge < -0.3 is 10.1 Å². The van der Waals surface area contributed by atoms with Crippen LogP contribution in [0, 0.1) is 13.8 Å². The van der Waals surface area contributed by atoms with Gasteiger partial charge in [-0.1, -0.05) is 18.2 Å². The molecule has 0 aliphatic heterocycles. The number of para-hydroxylation sites is 1. The SMILES string of the molecule is COc1ncc(NC(=O)c2ccnc(Br)c2)cc1S(=O)(=O)Nc1c(C)cccc1C. The van der Waals surface area contributed by atoms with Crippen LogP contribution in [0.3, 0.4) is 0 Å². The average Bonchev–Trinajstić information content (AvgIpc) is 2.71. The van der Waals surface area contributed by atoms with Gasteiger partial charge in [0.2, 0.25) is 5.88 Å². The van der Waals surface area contributed by atoms with Crippen LogP contribution in [0.1, 0.15) is 21.5 Å². The third-order valence-electron chi connectivity index (χ3n) is 4.27. The van der Waals surface area contributed by atoms with Crippen molar-refractivity contribution < 1.29 is 17.9 Å². The molecule has 3 aromatic rings. The van der Waals surface area contributed by atoms with E-state index < -0.39 is 15.9 Å². The Balaban J connectivity index is 1.95. The van der Waals surface area contributed by atoms with Crippen LogP contribution in [-0.2, 0) is 10.0 Å². The number of nitrogens with one attached hydrogen (secondary N) is 2. The molecule has 0 radical (unpaired) electrons. The van der Waals surface area contributed by atoms with Crippen molar-refractivity contribution in [3.8, 4) is 5.88 Å². The molecule has 0 saturated carbocycles. The van der Waals surface area contributed by atoms with Crippen LogP contribution in [0.5, 0.6) is 5.88 Å². The minimum atomic E-state index is -4.04. The molecule has 0 atom stereocenters. The summed E-state index contributed by atoms with van der Waals surface area (Å²) in [4.78, 5) is 20.3. The second-order valence-electron chi connectivity index (χ2n) is 6.43. The van der Waals surface area contributed by atoms with Crippen molar-refractivity contribution in [1.29, 1.82) is 0 Å². The van der Waals surface area contributed by atoms with Gasteiger partial charge in [-0.3, -0.25) is 9.52 Å². The molecule has 1 aromatic carbocycles. The van der Waals surface area contributed by atoms with Gasteiger partial charge in [0, 0.05) is 11.8 Å². The standard InChI is InChI=1S/C20H19BrN4O4S/c1-12-5-4-6-13(2)18(12)25-30(27,28)16-10-15(11-23-20(16)29-3)24-19(26)14-7-8-22-17(21)9-14/h4-11,25H,1-3H3,(H,24,26). The lowest BCUT2D eigenvalue weighted by Crippen LogP contribution is -2.18. The quantitative estimate of drug-likeness (QED) is 0.506. The molecule has 0 spiro atoms. The zero-order valence-corrected chi connectivity index (χ0v) is 18.8. The Morgan fingerprint density at radius 1 is 1.10 bits per heavy atom. The van der Waals surface area contributed by atoms with Crippen molar-refractivity contribution in [2.45, 2.75) is 18.7 Å². The normalized spacial score (nSPS) is 11.1. The van der Waals surface area contributed by atoms with Gasteiger partial charge in [-0.25, -0.2) is 18.4 Å². The molecule has 1 amide bonds. The number of benzene rings is 1. The summed E-state index contributed by atoms with van der Waals surface area (Å²) >= 11 is 3.21. The largest absolute Gasteiger partial charge is 0.480 e. The van der Waals surface area contributed by atoms with Crippen LogP contribution in [0.25, 0.3) is 0 Å². The molecule has 0 aliphatic carbocycles. The number of halogens is 1. The topological polar surface area (TPSA) is 110 Å². The van der Waals surface area contributed by atoms with Crippen LogP contribution in [-0.4, -0.2) is 31.4 Å². The van der Waals surface area contributed by atoms with Gasteiger partial charge in [0.05, 0.1) is 24.7 Å². The maximum atomic E-state index is 13.1. The smallest absolute Gasteiger partial charge is 0.267 e. The summed E-state index contributed by atoms with van der Waals surface area (Å²) < 4.78 is 34.4. The predicted molar refractivity (Wildman–Crippen MR) is 117 cm³/mol. The average molecular weight is 491 g/mol. The highest BCUT2D eigenvalue weighted by molar-refractivity contribution is 9.10. The van der Waals surface area contributed by atoms with Crippen LogP contribution in [0.2, 0.25) is 0 Å². The van der Waals surface area contributed by atoms with Gasteiger partial charge >= 0.3 is 0 Å². The number of hydrogen-bond acceptors (Lipinski definition) is 6. The first-order chi connectivity index (χ1) is 14.2. The number of methoxy groups -OCH3 is 1. The Morgan fingerprint density at radius 3 is 2.43 bits per heavy atom. The molecule has 0 fully saturated rings. The minimum absolute atomic E-state index is 0.0848. The molecule has 0 saturated heterocycles. The molecule has 8 nitrogen and oxygen atoms in total. The summed E-state index contributed by atoms with van der Waals surface area (Å²) in [7, 11) is -2.71. The summed E-state index contributed by atoms with van der Waals surface area (Å²) in [6.45, 7) is 3.62. The molecule has 30 heavy (non-hydrogen) atoms. The highest BCUT2D eigenvalue weighted by atomic mass is 79.9. The minimum Gasteiger partial charge on any atom is -0.480 e. The van der Waals surface area contributed by atoms with Gasteiger partial charge in [-0.15, -0.1) is 0 Å². The molecule has 0 bridgehead atoms. The van der Waals surface area contributed by atoms with E-state index in [9.17, 15) is 13.2 Å². The molecule has 0 aliphatic rings. The summed E-state index contributed by atoms with van der Waals surface area (Å²) in [5, 5.41) is 2.64. The third kappa shape index (κ3) is 4.77. The molecule has 10 heteroatoms. The lowest BCUT2D eigenvalue weighted by atomic mass is 10.1. The van der Waals surface area contributed by atoms with Crippen LogP contribution < -0.4 is 14.8 Å². The lowest BCUT2D eigenvalue weighted by molar-refractivity contribution is 0.102. The van der Waals surface area contributed by atoms with E-state index in [0.717, 1.165) is 11.1 Å². The number of aromatic nitrogens is 2. The monoisotopic (exact) mass is 490 g/mol. The number of carbonyl (C=O) groups is 1. The molecule has 2 N–H and O–H groups in total. The fourth-order valence-corrected chi connectivity index (χ4v) is 4.47. The number of aryl methyl sites for hydroxylation is 2. The van der Waals surface area contributed by atoms with Crippen molar-refractivity contribution >= 4 is 43.2 Å². The fraction of sp³-hybridized carbons (Fsp3) is 0.150. The van der Waals surface area contributed by atoms with E-state index in [-0.39, 0.29) is 16.5 Å². The Hall–Kier alpha value is -2.98. The van der Waals surface area contributed by atoms with Crippen LogP contribution >= 0.6 is 15.9 Å². The number of hydrogen-bond donors (Lipinski definition) is 2. The van der Waals surface area contributed by atoms with E-state index in [1.807, 2.05) is 32.0 Å². The number of nitrogens with zero attached hydrogens (tertiary/aromatic N) is 2. The highest BCUT2D eigenvalue weighted by Crippen LogP contribution is 2.29. The molecular weight excluding hydrogens is 472 g/mol. The molecular formula is C20H19BrN4O4S. The zero-order valence-electron chi connectivity index (χ0n) is 16.4. The van der Waals surface area contributed by atoms with E-state index in [1.54, 1.807) is 6.07 Å². The molecule has 3 rings (SSSR count). The van der Waals surface area contributed by atoms with Gasteiger partial charge in [0.25, 0.3) is 15.9 Å². The van der Waals surface area contributed by atoms with Gasteiger partial charge in [0.15, 0.2) is 4.90 Å². The van der Waals surface area contributed by atoms with Gasteiger partial charge in [-0.2, -0.15) is 0 Å². The molecule has 156 valence electrons. The molecule has 0 unspecified atom stereocenters. The predicted octanol–water partition coefficient (Wildman–Crippen LogP) is 3.92. The lowest BCUT2D eigenvalue weighted by Gasteiger charge is -2.15. The first kappa shape index (κ1) is 21.7. The highest BCUT2D eigenvalue weighted by Gasteiger charge is 2.23. The van der Waals surface area contributed by atoms with E-state index in [0.29, 0.717) is 15.9 Å². The fourth-order valence-electron chi connectivity index (χ4n) is 2.76. The Kier molecular flexibility index (Phi) is 6.37. The summed E-state index contributed by atoms with van der Waals surface area (Å²) in [5.41, 5.74) is 2.59. The van der Waals surface area contributed by atoms with Crippen molar-refractivity contribution in [3.05, 3.63) is 70.1 Å². The number of amides is 1. The number of pyridine rings is 2.